The summed E-state index contributed by atoms with van der Waals surface area (Å²) in [6, 6.07) is 0. The molecular weight excluding hydrogens is 208 g/mol. The molecule has 0 saturated heterocycles. The maximum absolute atomic E-state index is 10.5. The average Bonchev–Trinajstić information content (AvgIpc) is 2.26. The zero-order chi connectivity index (χ0) is 12.2. The third-order valence-electron chi connectivity index (χ3n) is 2.72. The van der Waals surface area contributed by atoms with Crippen LogP contribution in [-0.2, 0) is 9.68 Å². The molecule has 1 atom stereocenters. The van der Waals surface area contributed by atoms with Crippen LogP contribution in [0.15, 0.2) is 0 Å². The van der Waals surface area contributed by atoms with Crippen molar-refractivity contribution in [3.8, 4) is 0 Å². The summed E-state index contributed by atoms with van der Waals surface area (Å²) in [7, 11) is 0. The largest absolute Gasteiger partial charge is 0.479 e. The highest BCUT2D eigenvalue weighted by atomic mass is 17.1. The van der Waals surface area contributed by atoms with Gasteiger partial charge in [-0.25, -0.2) is 9.68 Å². The van der Waals surface area contributed by atoms with Gasteiger partial charge in [0.1, 0.15) is 0 Å². The Hall–Kier alpha value is -0.610. The number of hydrogen-bond donors (Lipinski definition) is 2. The minimum atomic E-state index is -1.09. The lowest BCUT2D eigenvalue weighted by Gasteiger charge is -2.07. The number of hydrogen-bond acceptors (Lipinski definition) is 3. The van der Waals surface area contributed by atoms with E-state index < -0.39 is 12.1 Å². The van der Waals surface area contributed by atoms with Crippen LogP contribution in [0.2, 0.25) is 0 Å². The second kappa shape index (κ2) is 10.9. The van der Waals surface area contributed by atoms with Crippen LogP contribution in [0.4, 0.5) is 0 Å². The van der Waals surface area contributed by atoms with Crippen molar-refractivity contribution in [2.24, 2.45) is 0 Å². The molecule has 0 spiro atoms. The zero-order valence-electron chi connectivity index (χ0n) is 10.2. The van der Waals surface area contributed by atoms with Gasteiger partial charge in [0.05, 0.1) is 0 Å². The first-order valence-electron chi connectivity index (χ1n) is 6.25. The highest BCUT2D eigenvalue weighted by molar-refractivity contribution is 5.72. The molecule has 0 aliphatic carbocycles. The summed E-state index contributed by atoms with van der Waals surface area (Å²) < 4.78 is 0. The van der Waals surface area contributed by atoms with E-state index in [0.717, 1.165) is 19.3 Å². The van der Waals surface area contributed by atoms with Crippen LogP contribution in [0.3, 0.4) is 0 Å². The van der Waals surface area contributed by atoms with Crippen LogP contribution in [0.25, 0.3) is 0 Å². The maximum Gasteiger partial charge on any atom is 0.336 e. The van der Waals surface area contributed by atoms with Crippen LogP contribution in [0, 0.1) is 0 Å². The molecule has 0 saturated carbocycles. The molecule has 0 bridgehead atoms. The van der Waals surface area contributed by atoms with Crippen molar-refractivity contribution in [2.45, 2.75) is 70.8 Å². The third-order valence-corrected chi connectivity index (χ3v) is 2.72. The van der Waals surface area contributed by atoms with Gasteiger partial charge >= 0.3 is 5.97 Å². The van der Waals surface area contributed by atoms with E-state index in [9.17, 15) is 4.79 Å². The van der Waals surface area contributed by atoms with E-state index in [1.54, 1.807) is 0 Å². The van der Waals surface area contributed by atoms with Crippen molar-refractivity contribution in [3.05, 3.63) is 0 Å². The summed E-state index contributed by atoms with van der Waals surface area (Å²) in [6.45, 7) is 2.20. The fourth-order valence-electron chi connectivity index (χ4n) is 1.68. The molecule has 0 radical (unpaired) electrons. The number of carboxylic acids is 1. The van der Waals surface area contributed by atoms with Crippen molar-refractivity contribution in [2.75, 3.05) is 0 Å². The average molecular weight is 232 g/mol. The lowest BCUT2D eigenvalue weighted by Crippen LogP contribution is -2.22. The summed E-state index contributed by atoms with van der Waals surface area (Å²) in [4.78, 5) is 14.4. The molecule has 0 unspecified atom stereocenters. The predicted octanol–water partition coefficient (Wildman–Crippen LogP) is 3.46. The lowest BCUT2D eigenvalue weighted by molar-refractivity contribution is -0.277. The first kappa shape index (κ1) is 15.4. The van der Waals surface area contributed by atoms with E-state index in [0.29, 0.717) is 6.42 Å². The highest BCUT2D eigenvalue weighted by Crippen LogP contribution is 2.11. The molecule has 0 amide bonds. The molecule has 4 heteroatoms. The first-order valence-corrected chi connectivity index (χ1v) is 6.25. The van der Waals surface area contributed by atoms with E-state index in [1.807, 2.05) is 0 Å². The summed E-state index contributed by atoms with van der Waals surface area (Å²) in [5.41, 5.74) is 0. The van der Waals surface area contributed by atoms with Crippen molar-refractivity contribution < 1.29 is 20.0 Å². The smallest absolute Gasteiger partial charge is 0.336 e. The van der Waals surface area contributed by atoms with Gasteiger partial charge in [0.2, 0.25) is 0 Å². The molecule has 0 fully saturated rings. The Morgan fingerprint density at radius 1 is 1.06 bits per heavy atom. The van der Waals surface area contributed by atoms with Crippen molar-refractivity contribution in [1.82, 2.24) is 0 Å². The molecule has 4 nitrogen and oxygen atoms in total. The predicted molar refractivity (Wildman–Crippen MR) is 62.4 cm³/mol. The standard InChI is InChI=1S/C12H24O4/c1-2-3-4-5-6-7-8-9-10-11(16-15)12(13)14/h11,15H,2-10H2,1H3,(H,13,14)/t11-/m1/s1. The van der Waals surface area contributed by atoms with Crippen molar-refractivity contribution in [1.29, 1.82) is 0 Å². The highest BCUT2D eigenvalue weighted by Gasteiger charge is 2.16. The summed E-state index contributed by atoms with van der Waals surface area (Å²) in [6.07, 6.45) is 8.64. The number of unbranched alkanes of at least 4 members (excludes halogenated alkanes) is 7. The number of carbonyl (C=O) groups is 1. The number of rotatable bonds is 11. The van der Waals surface area contributed by atoms with E-state index in [2.05, 4.69) is 11.8 Å². The van der Waals surface area contributed by atoms with Crippen molar-refractivity contribution >= 4 is 5.97 Å². The molecule has 2 N–H and O–H groups in total. The van der Waals surface area contributed by atoms with E-state index in [1.165, 1.54) is 32.1 Å². The lowest BCUT2D eigenvalue weighted by atomic mass is 10.1. The van der Waals surface area contributed by atoms with Gasteiger partial charge in [-0.1, -0.05) is 58.3 Å². The number of aliphatic carboxylic acids is 1. The van der Waals surface area contributed by atoms with Crippen LogP contribution in [0.1, 0.15) is 64.7 Å². The molecule has 0 rings (SSSR count). The van der Waals surface area contributed by atoms with Gasteiger partial charge < -0.3 is 5.11 Å². The van der Waals surface area contributed by atoms with Gasteiger partial charge in [-0.3, -0.25) is 5.26 Å². The second-order valence-electron chi connectivity index (χ2n) is 4.20. The van der Waals surface area contributed by atoms with Gasteiger partial charge in [0.25, 0.3) is 0 Å². The fourth-order valence-corrected chi connectivity index (χ4v) is 1.68. The monoisotopic (exact) mass is 232 g/mol. The SMILES string of the molecule is CCCCCCCCCC[C@@H](OO)C(=O)O. The van der Waals surface area contributed by atoms with Gasteiger partial charge in [-0.05, 0) is 6.42 Å². The Morgan fingerprint density at radius 3 is 2.00 bits per heavy atom. The molecule has 0 heterocycles. The summed E-state index contributed by atoms with van der Waals surface area (Å²) in [5, 5.41) is 16.9. The fraction of sp³-hybridized carbons (Fsp3) is 0.917. The first-order chi connectivity index (χ1) is 7.72. The van der Waals surface area contributed by atoms with Gasteiger partial charge in [-0.15, -0.1) is 0 Å². The maximum atomic E-state index is 10.5. The normalized spacial score (nSPS) is 12.6. The Bertz CT molecular complexity index is 170. The summed E-state index contributed by atoms with van der Waals surface area (Å²) >= 11 is 0. The molecule has 96 valence electrons. The Balaban J connectivity index is 3.22. The molecule has 0 aromatic carbocycles. The molecule has 0 aliphatic rings. The van der Waals surface area contributed by atoms with Crippen LogP contribution in [0.5, 0.6) is 0 Å². The second-order valence-corrected chi connectivity index (χ2v) is 4.20. The minimum Gasteiger partial charge on any atom is -0.479 e. The molecule has 0 aromatic rings. The Labute approximate surface area is 97.5 Å². The van der Waals surface area contributed by atoms with Crippen LogP contribution in [-0.4, -0.2) is 22.4 Å². The van der Waals surface area contributed by atoms with Gasteiger partial charge in [0.15, 0.2) is 6.10 Å². The third kappa shape index (κ3) is 8.68. The van der Waals surface area contributed by atoms with Crippen LogP contribution < -0.4 is 0 Å². The van der Waals surface area contributed by atoms with E-state index in [-0.39, 0.29) is 0 Å². The number of carboxylic acid groups (broad SMARTS) is 1. The van der Waals surface area contributed by atoms with Gasteiger partial charge in [0, 0.05) is 0 Å². The van der Waals surface area contributed by atoms with E-state index in [4.69, 9.17) is 10.4 Å². The quantitative estimate of drug-likeness (QED) is 0.325. The molecule has 16 heavy (non-hydrogen) atoms. The topological polar surface area (TPSA) is 66.8 Å². The van der Waals surface area contributed by atoms with Crippen molar-refractivity contribution in [3.63, 3.8) is 0 Å². The van der Waals surface area contributed by atoms with Crippen LogP contribution >= 0.6 is 0 Å². The van der Waals surface area contributed by atoms with Gasteiger partial charge in [-0.2, -0.15) is 0 Å². The minimum absolute atomic E-state index is 0.390. The molecule has 0 aliphatic heterocycles. The Morgan fingerprint density at radius 2 is 1.56 bits per heavy atom. The molecular formula is C12H24O4. The Kier molecular flexibility index (Phi) is 10.5. The zero-order valence-corrected chi connectivity index (χ0v) is 10.2. The van der Waals surface area contributed by atoms with E-state index >= 15 is 0 Å². The summed E-state index contributed by atoms with van der Waals surface area (Å²) in [5.74, 6) is -1.09. The molecule has 0 aromatic heterocycles.